The van der Waals surface area contributed by atoms with Crippen molar-refractivity contribution in [3.63, 3.8) is 0 Å². The molecular weight excluding hydrogens is 276 g/mol. The van der Waals surface area contributed by atoms with Gasteiger partial charge in [-0.1, -0.05) is 0 Å². The third kappa shape index (κ3) is 6.31. The summed E-state index contributed by atoms with van der Waals surface area (Å²) in [6, 6.07) is 0.0221. The highest BCUT2D eigenvalue weighted by Crippen LogP contribution is 2.15. The normalized spacial score (nSPS) is 16.0. The van der Waals surface area contributed by atoms with Gasteiger partial charge in [0.25, 0.3) is 0 Å². The Morgan fingerprint density at radius 2 is 1.95 bits per heavy atom. The number of piperidine rings is 1. The molecule has 0 unspecified atom stereocenters. The number of likely N-dealkylation sites (N-methyl/N-ethyl adjacent to an activating group) is 1. The van der Waals surface area contributed by atoms with E-state index < -0.39 is 5.97 Å². The predicted molar refractivity (Wildman–Crippen MR) is 77.3 cm³/mol. The van der Waals surface area contributed by atoms with Crippen molar-refractivity contribution in [2.45, 2.75) is 32.8 Å². The fourth-order valence-corrected chi connectivity index (χ4v) is 2.31. The summed E-state index contributed by atoms with van der Waals surface area (Å²) in [5.41, 5.74) is 0. The van der Waals surface area contributed by atoms with Gasteiger partial charge in [-0.3, -0.25) is 0 Å². The highest BCUT2D eigenvalue weighted by Gasteiger charge is 2.26. The number of carbonyl (C=O) groups excluding carboxylic acids is 1. The Bertz CT molecular complexity index is 329. The third-order valence-corrected chi connectivity index (χ3v) is 3.52. The quantitative estimate of drug-likeness (QED) is 0.677. The van der Waals surface area contributed by atoms with Crippen LogP contribution in [0.3, 0.4) is 0 Å². The van der Waals surface area contributed by atoms with Crippen molar-refractivity contribution in [2.75, 3.05) is 46.0 Å². The first kappa shape index (κ1) is 17.7. The van der Waals surface area contributed by atoms with Gasteiger partial charge in [0.2, 0.25) is 0 Å². The number of urea groups is 1. The van der Waals surface area contributed by atoms with Gasteiger partial charge in [-0.05, 0) is 26.7 Å². The average Bonchev–Trinajstić information content (AvgIpc) is 2.49. The number of rotatable bonds is 8. The van der Waals surface area contributed by atoms with Gasteiger partial charge in [0.1, 0.15) is 6.61 Å². The van der Waals surface area contributed by atoms with E-state index in [9.17, 15) is 9.59 Å². The van der Waals surface area contributed by atoms with Crippen molar-refractivity contribution >= 4 is 12.0 Å². The van der Waals surface area contributed by atoms with E-state index in [1.807, 2.05) is 13.8 Å². The molecular formula is C14H26N2O5. The Morgan fingerprint density at radius 1 is 1.29 bits per heavy atom. The van der Waals surface area contributed by atoms with Gasteiger partial charge in [0.15, 0.2) is 0 Å². The molecule has 1 aliphatic heterocycles. The van der Waals surface area contributed by atoms with Gasteiger partial charge < -0.3 is 24.4 Å². The molecule has 1 heterocycles. The van der Waals surface area contributed by atoms with Crippen molar-refractivity contribution in [1.29, 1.82) is 0 Å². The minimum Gasteiger partial charge on any atom is -0.480 e. The van der Waals surface area contributed by atoms with E-state index in [4.69, 9.17) is 14.6 Å². The zero-order chi connectivity index (χ0) is 15.7. The highest BCUT2D eigenvalue weighted by atomic mass is 16.5. The minimum atomic E-state index is -0.957. The SMILES string of the molecule is CCOCCN(CC)C(=O)N1CCC(OCC(=O)O)CC1. The zero-order valence-corrected chi connectivity index (χ0v) is 12.9. The first-order valence-electron chi connectivity index (χ1n) is 7.53. The van der Waals surface area contributed by atoms with Gasteiger partial charge in [0.05, 0.1) is 12.7 Å². The van der Waals surface area contributed by atoms with E-state index in [0.29, 0.717) is 52.2 Å². The number of carboxylic acids is 1. The van der Waals surface area contributed by atoms with Crippen LogP contribution in [-0.2, 0) is 14.3 Å². The summed E-state index contributed by atoms with van der Waals surface area (Å²) in [5.74, 6) is -0.957. The summed E-state index contributed by atoms with van der Waals surface area (Å²) >= 11 is 0. The molecule has 0 radical (unpaired) electrons. The molecule has 0 spiro atoms. The topological polar surface area (TPSA) is 79.3 Å². The van der Waals surface area contributed by atoms with Gasteiger partial charge in [-0.2, -0.15) is 0 Å². The summed E-state index contributed by atoms with van der Waals surface area (Å²) in [4.78, 5) is 26.4. The van der Waals surface area contributed by atoms with Crippen LogP contribution in [0, 0.1) is 0 Å². The molecule has 7 heteroatoms. The molecule has 1 rings (SSSR count). The van der Waals surface area contributed by atoms with Crippen molar-refractivity contribution in [2.24, 2.45) is 0 Å². The summed E-state index contributed by atoms with van der Waals surface area (Å²) in [6.45, 7) is 7.27. The molecule has 1 saturated heterocycles. The van der Waals surface area contributed by atoms with Crippen LogP contribution in [0.25, 0.3) is 0 Å². The maximum Gasteiger partial charge on any atom is 0.329 e. The summed E-state index contributed by atoms with van der Waals surface area (Å²) < 4.78 is 10.6. The monoisotopic (exact) mass is 302 g/mol. The van der Waals surface area contributed by atoms with E-state index in [1.54, 1.807) is 9.80 Å². The van der Waals surface area contributed by atoms with E-state index in [-0.39, 0.29) is 18.7 Å². The molecule has 1 fully saturated rings. The first-order chi connectivity index (χ1) is 10.1. The Morgan fingerprint density at radius 3 is 2.48 bits per heavy atom. The molecule has 1 N–H and O–H groups in total. The van der Waals surface area contributed by atoms with Crippen LogP contribution in [0.1, 0.15) is 26.7 Å². The lowest BCUT2D eigenvalue weighted by Gasteiger charge is -2.35. The van der Waals surface area contributed by atoms with E-state index in [2.05, 4.69) is 0 Å². The molecule has 0 aromatic rings. The molecule has 21 heavy (non-hydrogen) atoms. The van der Waals surface area contributed by atoms with Crippen molar-refractivity contribution in [3.05, 3.63) is 0 Å². The largest absolute Gasteiger partial charge is 0.480 e. The second-order valence-electron chi connectivity index (χ2n) is 4.95. The van der Waals surface area contributed by atoms with Crippen LogP contribution in [0.4, 0.5) is 4.79 Å². The van der Waals surface area contributed by atoms with Crippen molar-refractivity contribution in [1.82, 2.24) is 9.80 Å². The number of ether oxygens (including phenoxy) is 2. The summed E-state index contributed by atoms with van der Waals surface area (Å²) in [7, 11) is 0. The van der Waals surface area contributed by atoms with Crippen molar-refractivity contribution < 1.29 is 24.2 Å². The van der Waals surface area contributed by atoms with E-state index in [1.165, 1.54) is 0 Å². The number of aliphatic carboxylic acids is 1. The lowest BCUT2D eigenvalue weighted by molar-refractivity contribution is -0.145. The van der Waals surface area contributed by atoms with Crippen LogP contribution < -0.4 is 0 Å². The maximum atomic E-state index is 12.4. The van der Waals surface area contributed by atoms with Crippen LogP contribution in [0.15, 0.2) is 0 Å². The van der Waals surface area contributed by atoms with Gasteiger partial charge >= 0.3 is 12.0 Å². The number of hydrogen-bond donors (Lipinski definition) is 1. The smallest absolute Gasteiger partial charge is 0.329 e. The minimum absolute atomic E-state index is 0.0221. The fourth-order valence-electron chi connectivity index (χ4n) is 2.31. The molecule has 122 valence electrons. The number of nitrogens with zero attached hydrogens (tertiary/aromatic N) is 2. The molecule has 1 aliphatic rings. The molecule has 0 saturated carbocycles. The third-order valence-electron chi connectivity index (χ3n) is 3.52. The van der Waals surface area contributed by atoms with Crippen LogP contribution in [0.5, 0.6) is 0 Å². The second kappa shape index (κ2) is 9.57. The summed E-state index contributed by atoms with van der Waals surface area (Å²) in [6.07, 6.45) is 1.30. The van der Waals surface area contributed by atoms with Gasteiger partial charge in [-0.15, -0.1) is 0 Å². The molecule has 0 atom stereocenters. The summed E-state index contributed by atoms with van der Waals surface area (Å²) in [5, 5.41) is 8.58. The Balaban J connectivity index is 2.34. The van der Waals surface area contributed by atoms with Crippen LogP contribution in [-0.4, -0.2) is 79.0 Å². The fraction of sp³-hybridized carbons (Fsp3) is 0.857. The average molecular weight is 302 g/mol. The van der Waals surface area contributed by atoms with Crippen LogP contribution >= 0.6 is 0 Å². The van der Waals surface area contributed by atoms with Crippen molar-refractivity contribution in [3.8, 4) is 0 Å². The Kier molecular flexibility index (Phi) is 8.07. The molecule has 0 aromatic heterocycles. The van der Waals surface area contributed by atoms with Gasteiger partial charge in [0, 0.05) is 32.8 Å². The number of carbonyl (C=O) groups is 2. The lowest BCUT2D eigenvalue weighted by Crippen LogP contribution is -2.48. The molecule has 2 amide bonds. The maximum absolute atomic E-state index is 12.4. The van der Waals surface area contributed by atoms with E-state index in [0.717, 1.165) is 0 Å². The highest BCUT2D eigenvalue weighted by molar-refractivity contribution is 5.74. The second-order valence-corrected chi connectivity index (χ2v) is 4.95. The first-order valence-corrected chi connectivity index (χ1v) is 7.53. The Labute approximate surface area is 125 Å². The lowest BCUT2D eigenvalue weighted by atomic mass is 10.1. The zero-order valence-electron chi connectivity index (χ0n) is 12.9. The van der Waals surface area contributed by atoms with E-state index >= 15 is 0 Å². The molecule has 0 bridgehead atoms. The van der Waals surface area contributed by atoms with Gasteiger partial charge in [-0.25, -0.2) is 9.59 Å². The predicted octanol–water partition coefficient (Wildman–Crippen LogP) is 1.03. The van der Waals surface area contributed by atoms with Crippen LogP contribution in [0.2, 0.25) is 0 Å². The number of amides is 2. The number of likely N-dealkylation sites (tertiary alicyclic amines) is 1. The number of hydrogen-bond acceptors (Lipinski definition) is 4. The molecule has 7 nitrogen and oxygen atoms in total. The standard InChI is InChI=1S/C14H26N2O5/c1-3-15(9-10-20-4-2)14(19)16-7-5-12(6-8-16)21-11-13(17)18/h12H,3-11H2,1-2H3,(H,17,18). The Hall–Kier alpha value is -1.34. The molecule has 0 aromatic carbocycles. The molecule has 0 aliphatic carbocycles. The number of carboxylic acid groups (broad SMARTS) is 1.